The normalized spacial score (nSPS) is 26.6. The van der Waals surface area contributed by atoms with Gasteiger partial charge < -0.3 is 24.8 Å². The van der Waals surface area contributed by atoms with Gasteiger partial charge in [-0.3, -0.25) is 4.79 Å². The van der Waals surface area contributed by atoms with Crippen LogP contribution in [0.1, 0.15) is 77.6 Å². The number of ether oxygens (including phenoxy) is 2. The van der Waals surface area contributed by atoms with Gasteiger partial charge in [0, 0.05) is 6.42 Å². The van der Waals surface area contributed by atoms with Gasteiger partial charge in [-0.15, -0.1) is 0 Å². The lowest BCUT2D eigenvalue weighted by molar-refractivity contribution is -0.213. The number of carbonyl (C=O) groups excluding carboxylic acids is 1. The van der Waals surface area contributed by atoms with Crippen molar-refractivity contribution in [3.8, 4) is 0 Å². The predicted molar refractivity (Wildman–Crippen MR) is 95.2 cm³/mol. The molecular formula is C19H36O6. The van der Waals surface area contributed by atoms with Crippen molar-refractivity contribution in [2.75, 3.05) is 13.2 Å². The van der Waals surface area contributed by atoms with Gasteiger partial charge in [-0.25, -0.2) is 0 Å². The largest absolute Gasteiger partial charge is 0.457 e. The van der Waals surface area contributed by atoms with E-state index < -0.39 is 30.4 Å². The lowest BCUT2D eigenvalue weighted by Crippen LogP contribution is -2.55. The molecule has 148 valence electrons. The number of hydrogen-bond acceptors (Lipinski definition) is 6. The third-order valence-corrected chi connectivity index (χ3v) is 4.76. The molecule has 1 heterocycles. The highest BCUT2D eigenvalue weighted by Gasteiger charge is 2.40. The number of hydrogen-bond donors (Lipinski definition) is 3. The van der Waals surface area contributed by atoms with Crippen LogP contribution >= 0.6 is 0 Å². The zero-order valence-electron chi connectivity index (χ0n) is 15.6. The van der Waals surface area contributed by atoms with E-state index in [1.54, 1.807) is 0 Å². The van der Waals surface area contributed by atoms with Gasteiger partial charge in [0.05, 0.1) is 13.2 Å². The maximum absolute atomic E-state index is 11.9. The molecule has 0 unspecified atom stereocenters. The number of aliphatic hydroxyl groups excluding tert-OH is 3. The summed E-state index contributed by atoms with van der Waals surface area (Å²) in [7, 11) is 0. The molecule has 0 bridgehead atoms. The fraction of sp³-hybridized carbons (Fsp3) is 0.947. The Morgan fingerprint density at radius 2 is 1.56 bits per heavy atom. The first-order valence-corrected chi connectivity index (χ1v) is 9.88. The van der Waals surface area contributed by atoms with Crippen LogP contribution in [-0.2, 0) is 14.3 Å². The van der Waals surface area contributed by atoms with Crippen molar-refractivity contribution in [2.24, 2.45) is 0 Å². The molecule has 1 saturated heterocycles. The van der Waals surface area contributed by atoms with E-state index in [9.17, 15) is 15.0 Å². The van der Waals surface area contributed by atoms with Crippen molar-refractivity contribution in [3.63, 3.8) is 0 Å². The molecule has 4 atom stereocenters. The fourth-order valence-electron chi connectivity index (χ4n) is 3.13. The van der Waals surface area contributed by atoms with Crippen molar-refractivity contribution in [1.29, 1.82) is 0 Å². The predicted octanol–water partition coefficient (Wildman–Crippen LogP) is 2.32. The summed E-state index contributed by atoms with van der Waals surface area (Å²) in [5.74, 6) is -0.416. The summed E-state index contributed by atoms with van der Waals surface area (Å²) in [5.41, 5.74) is 0. The van der Waals surface area contributed by atoms with E-state index in [1.165, 1.54) is 44.9 Å². The first kappa shape index (κ1) is 22.4. The molecule has 0 aromatic rings. The van der Waals surface area contributed by atoms with E-state index in [0.717, 1.165) is 19.3 Å². The number of aliphatic hydroxyl groups is 3. The lowest BCUT2D eigenvalue weighted by Gasteiger charge is -2.36. The minimum atomic E-state index is -1.20. The molecule has 1 aliphatic rings. The molecule has 3 N–H and O–H groups in total. The van der Waals surface area contributed by atoms with Gasteiger partial charge in [0.1, 0.15) is 18.3 Å². The van der Waals surface area contributed by atoms with Crippen LogP contribution in [0, 0.1) is 0 Å². The molecule has 1 aliphatic heterocycles. The summed E-state index contributed by atoms with van der Waals surface area (Å²) in [6.45, 7) is 1.79. The molecule has 6 heteroatoms. The second kappa shape index (κ2) is 13.5. The Bertz CT molecular complexity index is 349. The maximum atomic E-state index is 11.9. The summed E-state index contributed by atoms with van der Waals surface area (Å²) in [5, 5.41) is 28.9. The summed E-state index contributed by atoms with van der Waals surface area (Å²) < 4.78 is 10.3. The first-order chi connectivity index (χ1) is 12.1. The molecule has 6 nitrogen and oxygen atoms in total. The van der Waals surface area contributed by atoms with E-state index in [2.05, 4.69) is 6.92 Å². The Labute approximate surface area is 151 Å². The van der Waals surface area contributed by atoms with Crippen LogP contribution in [0.4, 0.5) is 0 Å². The molecular weight excluding hydrogens is 324 g/mol. The summed E-state index contributed by atoms with van der Waals surface area (Å²) in [6, 6.07) is 0. The average molecular weight is 360 g/mol. The summed E-state index contributed by atoms with van der Waals surface area (Å²) in [6.07, 6.45) is 8.08. The molecule has 0 aromatic carbocycles. The zero-order valence-corrected chi connectivity index (χ0v) is 15.6. The van der Waals surface area contributed by atoms with Crippen LogP contribution in [0.25, 0.3) is 0 Å². The number of esters is 1. The van der Waals surface area contributed by atoms with E-state index in [1.807, 2.05) is 0 Å². The monoisotopic (exact) mass is 360 g/mol. The lowest BCUT2D eigenvalue weighted by atomic mass is 10.0. The number of carbonyl (C=O) groups is 1. The van der Waals surface area contributed by atoms with Gasteiger partial charge in [0.15, 0.2) is 6.10 Å². The highest BCUT2D eigenvalue weighted by Crippen LogP contribution is 2.19. The maximum Gasteiger partial charge on any atom is 0.306 e. The van der Waals surface area contributed by atoms with Gasteiger partial charge in [0.25, 0.3) is 0 Å². The molecule has 0 spiro atoms. The van der Waals surface area contributed by atoms with Crippen molar-refractivity contribution in [1.82, 2.24) is 0 Å². The van der Waals surface area contributed by atoms with Crippen molar-refractivity contribution < 1.29 is 29.6 Å². The molecule has 0 radical (unpaired) electrons. The Balaban J connectivity index is 2.06. The van der Waals surface area contributed by atoms with Crippen LogP contribution in [-0.4, -0.2) is 58.9 Å². The van der Waals surface area contributed by atoms with Crippen LogP contribution in [0.2, 0.25) is 0 Å². The Morgan fingerprint density at radius 1 is 1.00 bits per heavy atom. The highest BCUT2D eigenvalue weighted by atomic mass is 16.6. The smallest absolute Gasteiger partial charge is 0.306 e. The van der Waals surface area contributed by atoms with Crippen LogP contribution < -0.4 is 0 Å². The van der Waals surface area contributed by atoms with Gasteiger partial charge in [-0.05, 0) is 6.42 Å². The van der Waals surface area contributed by atoms with E-state index in [-0.39, 0.29) is 19.6 Å². The zero-order chi connectivity index (χ0) is 18.5. The van der Waals surface area contributed by atoms with E-state index in [4.69, 9.17) is 14.6 Å². The average Bonchev–Trinajstić information content (AvgIpc) is 2.60. The third-order valence-electron chi connectivity index (χ3n) is 4.76. The molecule has 0 aliphatic carbocycles. The quantitative estimate of drug-likeness (QED) is 0.345. The molecule has 1 fully saturated rings. The Hall–Kier alpha value is -0.690. The summed E-state index contributed by atoms with van der Waals surface area (Å²) in [4.78, 5) is 11.9. The van der Waals surface area contributed by atoms with Gasteiger partial charge >= 0.3 is 5.97 Å². The SMILES string of the molecule is CCCCCCCCCCCCC(=O)O[C@H]1[C@H](O)[C@@H](CO)OC[C@H]1O. The first-order valence-electron chi connectivity index (χ1n) is 9.88. The summed E-state index contributed by atoms with van der Waals surface area (Å²) >= 11 is 0. The van der Waals surface area contributed by atoms with Crippen LogP contribution in [0.3, 0.4) is 0 Å². The minimum absolute atomic E-state index is 0.0571. The van der Waals surface area contributed by atoms with E-state index in [0.29, 0.717) is 0 Å². The molecule has 25 heavy (non-hydrogen) atoms. The molecule has 0 amide bonds. The standard InChI is InChI=1S/C19H36O6/c1-2-3-4-5-6-7-8-9-10-11-12-17(22)25-19-15(21)14-24-16(13-20)18(19)23/h15-16,18-21,23H,2-14H2,1H3/t15-,16-,18-,19-/m1/s1. The molecule has 0 aromatic heterocycles. The van der Waals surface area contributed by atoms with E-state index >= 15 is 0 Å². The Kier molecular flexibility index (Phi) is 12.1. The number of unbranched alkanes of at least 4 members (excludes halogenated alkanes) is 9. The second-order valence-electron chi connectivity index (χ2n) is 7.00. The van der Waals surface area contributed by atoms with Crippen LogP contribution in [0.5, 0.6) is 0 Å². The van der Waals surface area contributed by atoms with Crippen molar-refractivity contribution in [3.05, 3.63) is 0 Å². The topological polar surface area (TPSA) is 96.2 Å². The third kappa shape index (κ3) is 8.99. The van der Waals surface area contributed by atoms with Crippen LogP contribution in [0.15, 0.2) is 0 Å². The highest BCUT2D eigenvalue weighted by molar-refractivity contribution is 5.69. The molecule has 1 rings (SSSR count). The fourth-order valence-corrected chi connectivity index (χ4v) is 3.13. The van der Waals surface area contributed by atoms with Gasteiger partial charge in [-0.2, -0.15) is 0 Å². The molecule has 0 saturated carbocycles. The minimum Gasteiger partial charge on any atom is -0.457 e. The van der Waals surface area contributed by atoms with Gasteiger partial charge in [0.2, 0.25) is 0 Å². The van der Waals surface area contributed by atoms with Crippen molar-refractivity contribution >= 4 is 5.97 Å². The Morgan fingerprint density at radius 3 is 2.12 bits per heavy atom. The van der Waals surface area contributed by atoms with Gasteiger partial charge in [-0.1, -0.05) is 64.7 Å². The second-order valence-corrected chi connectivity index (χ2v) is 7.00. The number of rotatable bonds is 13. The van der Waals surface area contributed by atoms with Crippen molar-refractivity contribution in [2.45, 2.75) is 102 Å².